The molecule has 0 bridgehead atoms. The normalized spacial score (nSPS) is 19.7. The van der Waals surface area contributed by atoms with Crippen LogP contribution in [0.15, 0.2) is 47.3 Å². The van der Waals surface area contributed by atoms with E-state index in [1.165, 1.54) is 12.5 Å². The van der Waals surface area contributed by atoms with Gasteiger partial charge in [0.05, 0.1) is 22.0 Å². The minimum Gasteiger partial charge on any atom is -0.472 e. The van der Waals surface area contributed by atoms with Gasteiger partial charge in [-0.05, 0) is 24.6 Å². The Morgan fingerprint density at radius 1 is 1.31 bits per heavy atom. The first-order valence-electron chi connectivity index (χ1n) is 8.32. The molecule has 1 aliphatic rings. The third-order valence-electron chi connectivity index (χ3n) is 4.50. The van der Waals surface area contributed by atoms with E-state index in [9.17, 15) is 9.59 Å². The first-order chi connectivity index (χ1) is 12.7. The van der Waals surface area contributed by atoms with Crippen molar-refractivity contribution in [2.45, 2.75) is 18.5 Å². The fourth-order valence-electron chi connectivity index (χ4n) is 3.21. The molecule has 3 aromatic rings. The molecule has 1 fully saturated rings. The largest absolute Gasteiger partial charge is 0.472 e. The maximum Gasteiger partial charge on any atom is 0.254 e. The number of furan rings is 1. The first kappa shape index (κ1) is 16.6. The molecule has 3 heterocycles. The number of amides is 2. The fraction of sp³-hybridized carbons (Fsp3) is 0.278. The Labute approximate surface area is 154 Å². The van der Waals surface area contributed by atoms with Crippen LogP contribution in [0.5, 0.6) is 0 Å². The standard InChI is InChI=1S/C18H18N4O3S/c1-19-17(24)14-8-12(20-16(23)11-6-7-25-10-11)9-22(14)18-21-13-4-2-3-5-15(13)26-18/h2-7,10,12,14H,8-9H2,1H3,(H,19,24)(H,20,23). The minimum absolute atomic E-state index is 0.0793. The zero-order valence-corrected chi connectivity index (χ0v) is 15.0. The number of nitrogens with one attached hydrogen (secondary N) is 2. The van der Waals surface area contributed by atoms with E-state index in [1.807, 2.05) is 29.2 Å². The van der Waals surface area contributed by atoms with Gasteiger partial charge in [0.2, 0.25) is 5.91 Å². The zero-order valence-electron chi connectivity index (χ0n) is 14.1. The number of thiazole rings is 1. The molecule has 2 N–H and O–H groups in total. The average Bonchev–Trinajstić information content (AvgIpc) is 3.38. The number of hydrogen-bond acceptors (Lipinski definition) is 6. The van der Waals surface area contributed by atoms with Crippen molar-refractivity contribution in [2.24, 2.45) is 0 Å². The van der Waals surface area contributed by atoms with Crippen LogP contribution < -0.4 is 15.5 Å². The number of nitrogens with zero attached hydrogens (tertiary/aromatic N) is 2. The molecule has 26 heavy (non-hydrogen) atoms. The number of rotatable bonds is 4. The molecule has 0 saturated carbocycles. The van der Waals surface area contributed by atoms with Crippen LogP contribution in [0.2, 0.25) is 0 Å². The van der Waals surface area contributed by atoms with Crippen molar-refractivity contribution < 1.29 is 14.0 Å². The minimum atomic E-state index is -0.366. The highest BCUT2D eigenvalue weighted by molar-refractivity contribution is 7.22. The van der Waals surface area contributed by atoms with Crippen molar-refractivity contribution in [1.29, 1.82) is 0 Å². The van der Waals surface area contributed by atoms with Crippen LogP contribution in [0.25, 0.3) is 10.2 Å². The molecule has 2 amide bonds. The Hall–Kier alpha value is -2.87. The summed E-state index contributed by atoms with van der Waals surface area (Å²) in [6.07, 6.45) is 3.40. The monoisotopic (exact) mass is 370 g/mol. The summed E-state index contributed by atoms with van der Waals surface area (Å²) in [6, 6.07) is 8.99. The molecule has 134 valence electrons. The lowest BCUT2D eigenvalue weighted by molar-refractivity contribution is -0.121. The van der Waals surface area contributed by atoms with Gasteiger partial charge in [0, 0.05) is 19.6 Å². The number of aromatic nitrogens is 1. The Morgan fingerprint density at radius 3 is 2.88 bits per heavy atom. The Kier molecular flexibility index (Phi) is 4.34. The maximum atomic E-state index is 12.4. The van der Waals surface area contributed by atoms with Gasteiger partial charge in [-0.1, -0.05) is 23.5 Å². The number of hydrogen-bond donors (Lipinski definition) is 2. The molecule has 2 aromatic heterocycles. The van der Waals surface area contributed by atoms with Crippen LogP contribution in [0.4, 0.5) is 5.13 Å². The van der Waals surface area contributed by atoms with Crippen molar-refractivity contribution in [3.8, 4) is 0 Å². The summed E-state index contributed by atoms with van der Waals surface area (Å²) in [5, 5.41) is 6.48. The molecule has 1 aliphatic heterocycles. The van der Waals surface area contributed by atoms with E-state index < -0.39 is 0 Å². The second kappa shape index (κ2) is 6.80. The molecular formula is C18H18N4O3S. The van der Waals surface area contributed by atoms with Gasteiger partial charge >= 0.3 is 0 Å². The van der Waals surface area contributed by atoms with Gasteiger partial charge in [0.1, 0.15) is 12.3 Å². The van der Waals surface area contributed by atoms with Crippen LogP contribution in [0.1, 0.15) is 16.8 Å². The second-order valence-electron chi connectivity index (χ2n) is 6.16. The van der Waals surface area contributed by atoms with Gasteiger partial charge in [0.25, 0.3) is 5.91 Å². The molecule has 0 spiro atoms. The molecule has 7 nitrogen and oxygen atoms in total. The van der Waals surface area contributed by atoms with Crippen LogP contribution in [-0.2, 0) is 4.79 Å². The van der Waals surface area contributed by atoms with Crippen LogP contribution in [-0.4, -0.2) is 42.5 Å². The van der Waals surface area contributed by atoms with Crippen molar-refractivity contribution in [3.63, 3.8) is 0 Å². The van der Waals surface area contributed by atoms with E-state index in [0.717, 1.165) is 15.3 Å². The summed E-state index contributed by atoms with van der Waals surface area (Å²) in [5.74, 6) is -0.283. The summed E-state index contributed by atoms with van der Waals surface area (Å²) in [5.41, 5.74) is 1.38. The van der Waals surface area contributed by atoms with Crippen LogP contribution >= 0.6 is 11.3 Å². The lowest BCUT2D eigenvalue weighted by Crippen LogP contribution is -2.42. The maximum absolute atomic E-state index is 12.4. The number of anilines is 1. The molecule has 1 saturated heterocycles. The summed E-state index contributed by atoms with van der Waals surface area (Å²) in [6.45, 7) is 0.529. The number of carbonyl (C=O) groups excluding carboxylic acids is 2. The number of fused-ring (bicyclic) bond motifs is 1. The Bertz CT molecular complexity index is 904. The van der Waals surface area contributed by atoms with E-state index in [2.05, 4.69) is 15.6 Å². The topological polar surface area (TPSA) is 87.5 Å². The predicted octanol–water partition coefficient (Wildman–Crippen LogP) is 2.01. The smallest absolute Gasteiger partial charge is 0.254 e. The predicted molar refractivity (Wildman–Crippen MR) is 99.4 cm³/mol. The third kappa shape index (κ3) is 3.03. The van der Waals surface area contributed by atoms with Gasteiger partial charge in [-0.3, -0.25) is 9.59 Å². The molecule has 0 aliphatic carbocycles. The molecular weight excluding hydrogens is 352 g/mol. The second-order valence-corrected chi connectivity index (χ2v) is 7.17. The van der Waals surface area contributed by atoms with Crippen molar-refractivity contribution in [3.05, 3.63) is 48.4 Å². The molecule has 1 aromatic carbocycles. The quantitative estimate of drug-likeness (QED) is 0.734. The lowest BCUT2D eigenvalue weighted by Gasteiger charge is -2.22. The van der Waals surface area contributed by atoms with Crippen molar-refractivity contribution >= 4 is 38.5 Å². The summed E-state index contributed by atoms with van der Waals surface area (Å²) in [4.78, 5) is 31.3. The molecule has 8 heteroatoms. The van der Waals surface area contributed by atoms with Crippen LogP contribution in [0.3, 0.4) is 0 Å². The fourth-order valence-corrected chi connectivity index (χ4v) is 4.24. The summed E-state index contributed by atoms with van der Waals surface area (Å²) < 4.78 is 6.03. The number of benzene rings is 1. The van der Waals surface area contributed by atoms with E-state index in [4.69, 9.17) is 4.42 Å². The number of para-hydroxylation sites is 1. The van der Waals surface area contributed by atoms with E-state index in [-0.39, 0.29) is 23.9 Å². The Balaban J connectivity index is 1.57. The molecule has 2 atom stereocenters. The zero-order chi connectivity index (χ0) is 18.1. The number of likely N-dealkylation sites (N-methyl/N-ethyl adjacent to an activating group) is 1. The number of carbonyl (C=O) groups is 2. The summed E-state index contributed by atoms with van der Waals surface area (Å²) >= 11 is 1.55. The highest BCUT2D eigenvalue weighted by Gasteiger charge is 2.38. The van der Waals surface area contributed by atoms with E-state index in [0.29, 0.717) is 18.5 Å². The van der Waals surface area contributed by atoms with Gasteiger partial charge in [0.15, 0.2) is 5.13 Å². The van der Waals surface area contributed by atoms with Crippen molar-refractivity contribution in [1.82, 2.24) is 15.6 Å². The van der Waals surface area contributed by atoms with Gasteiger partial charge in [-0.2, -0.15) is 0 Å². The highest BCUT2D eigenvalue weighted by Crippen LogP contribution is 2.33. The molecule has 4 rings (SSSR count). The molecule has 2 unspecified atom stereocenters. The van der Waals surface area contributed by atoms with Crippen molar-refractivity contribution in [2.75, 3.05) is 18.5 Å². The highest BCUT2D eigenvalue weighted by atomic mass is 32.1. The van der Waals surface area contributed by atoms with E-state index >= 15 is 0 Å². The van der Waals surface area contributed by atoms with Crippen LogP contribution in [0, 0.1) is 0 Å². The van der Waals surface area contributed by atoms with Gasteiger partial charge in [-0.15, -0.1) is 0 Å². The average molecular weight is 370 g/mol. The van der Waals surface area contributed by atoms with Gasteiger partial charge < -0.3 is 20.0 Å². The summed E-state index contributed by atoms with van der Waals surface area (Å²) in [7, 11) is 1.62. The van der Waals surface area contributed by atoms with E-state index in [1.54, 1.807) is 24.5 Å². The first-order valence-corrected chi connectivity index (χ1v) is 9.14. The Morgan fingerprint density at radius 2 is 2.15 bits per heavy atom. The molecule has 0 radical (unpaired) electrons. The SMILES string of the molecule is CNC(=O)C1CC(NC(=O)c2ccoc2)CN1c1nc2ccccc2s1. The van der Waals surface area contributed by atoms with Gasteiger partial charge in [-0.25, -0.2) is 4.98 Å². The lowest BCUT2D eigenvalue weighted by atomic mass is 10.1. The third-order valence-corrected chi connectivity index (χ3v) is 5.57.